The maximum absolute atomic E-state index is 13.2. The van der Waals surface area contributed by atoms with Gasteiger partial charge in [0.15, 0.2) is 5.11 Å². The first-order valence-corrected chi connectivity index (χ1v) is 10.8. The van der Waals surface area contributed by atoms with E-state index in [9.17, 15) is 9.59 Å². The molecule has 3 aromatic rings. The summed E-state index contributed by atoms with van der Waals surface area (Å²) in [4.78, 5) is 27.4. The van der Waals surface area contributed by atoms with Gasteiger partial charge in [0.05, 0.1) is 16.8 Å². The van der Waals surface area contributed by atoms with E-state index in [1.54, 1.807) is 35.2 Å². The summed E-state index contributed by atoms with van der Waals surface area (Å²) in [6.07, 6.45) is 0. The summed E-state index contributed by atoms with van der Waals surface area (Å²) in [5.41, 5.74) is 2.35. The van der Waals surface area contributed by atoms with Crippen molar-refractivity contribution in [1.29, 1.82) is 0 Å². The highest BCUT2D eigenvalue weighted by molar-refractivity contribution is 14.1. The zero-order valence-corrected chi connectivity index (χ0v) is 19.2. The highest BCUT2D eigenvalue weighted by Crippen LogP contribution is 2.22. The molecule has 0 radical (unpaired) electrons. The summed E-state index contributed by atoms with van der Waals surface area (Å²) in [6, 6.07) is 23.8. The predicted molar refractivity (Wildman–Crippen MR) is 133 cm³/mol. The van der Waals surface area contributed by atoms with Crippen molar-refractivity contribution in [3.8, 4) is 0 Å². The summed E-state index contributed by atoms with van der Waals surface area (Å²) in [6.45, 7) is 2.44. The molecule has 0 heterocycles. The Morgan fingerprint density at radius 2 is 1.50 bits per heavy atom. The second kappa shape index (κ2) is 10.3. The lowest BCUT2D eigenvalue weighted by Crippen LogP contribution is -2.36. The van der Waals surface area contributed by atoms with Crippen LogP contribution in [0.4, 0.5) is 11.4 Å². The van der Waals surface area contributed by atoms with Crippen molar-refractivity contribution in [3.63, 3.8) is 0 Å². The standard InChI is InChI=1S/C23H20IN3O2S/c1-2-27(16-10-4-3-5-11-16)22(29)18-13-7-9-15-20(18)25-23(30)26-21(28)17-12-6-8-14-19(17)24/h3-15H,2H2,1H3,(H2,25,26,28,30). The molecule has 0 bridgehead atoms. The molecule has 3 rings (SSSR count). The Kier molecular flexibility index (Phi) is 7.53. The van der Waals surface area contributed by atoms with E-state index in [1.807, 2.05) is 55.5 Å². The summed E-state index contributed by atoms with van der Waals surface area (Å²) >= 11 is 7.42. The number of nitrogens with zero attached hydrogens (tertiary/aromatic N) is 1. The number of anilines is 2. The van der Waals surface area contributed by atoms with Crippen LogP contribution in [0.3, 0.4) is 0 Å². The van der Waals surface area contributed by atoms with Gasteiger partial charge in [-0.3, -0.25) is 14.9 Å². The number of hydrogen-bond donors (Lipinski definition) is 2. The number of carbonyl (C=O) groups excluding carboxylic acids is 2. The molecule has 2 amide bonds. The van der Waals surface area contributed by atoms with Gasteiger partial charge in [-0.25, -0.2) is 0 Å². The number of benzene rings is 3. The third kappa shape index (κ3) is 5.22. The van der Waals surface area contributed by atoms with Gasteiger partial charge in [-0.1, -0.05) is 42.5 Å². The third-order valence-electron chi connectivity index (χ3n) is 4.38. The van der Waals surface area contributed by atoms with Gasteiger partial charge in [0, 0.05) is 15.8 Å². The number of halogens is 1. The molecule has 0 saturated carbocycles. The van der Waals surface area contributed by atoms with Gasteiger partial charge in [-0.2, -0.15) is 0 Å². The van der Waals surface area contributed by atoms with E-state index < -0.39 is 0 Å². The minimum absolute atomic E-state index is 0.127. The van der Waals surface area contributed by atoms with Gasteiger partial charge in [0.1, 0.15) is 0 Å². The van der Waals surface area contributed by atoms with Crippen LogP contribution in [0.15, 0.2) is 78.9 Å². The van der Waals surface area contributed by atoms with Gasteiger partial charge >= 0.3 is 0 Å². The Hall–Kier alpha value is -2.78. The smallest absolute Gasteiger partial charge is 0.260 e. The van der Waals surface area contributed by atoms with E-state index in [0.717, 1.165) is 9.26 Å². The Bertz CT molecular complexity index is 1070. The molecule has 3 aromatic carbocycles. The molecule has 0 spiro atoms. The van der Waals surface area contributed by atoms with Gasteiger partial charge in [-0.15, -0.1) is 0 Å². The van der Waals surface area contributed by atoms with E-state index >= 15 is 0 Å². The van der Waals surface area contributed by atoms with Crippen LogP contribution in [-0.4, -0.2) is 23.5 Å². The maximum atomic E-state index is 13.2. The number of carbonyl (C=O) groups is 2. The molecule has 0 unspecified atom stereocenters. The van der Waals surface area contributed by atoms with Crippen molar-refractivity contribution in [2.24, 2.45) is 0 Å². The summed E-state index contributed by atoms with van der Waals surface area (Å²) in [5, 5.41) is 5.80. The third-order valence-corrected chi connectivity index (χ3v) is 5.53. The molecule has 0 atom stereocenters. The number of para-hydroxylation sites is 2. The van der Waals surface area contributed by atoms with E-state index in [0.29, 0.717) is 23.4 Å². The lowest BCUT2D eigenvalue weighted by Gasteiger charge is -2.23. The minimum Gasteiger partial charge on any atom is -0.332 e. The van der Waals surface area contributed by atoms with Crippen molar-refractivity contribution < 1.29 is 9.59 Å². The molecule has 5 nitrogen and oxygen atoms in total. The molecule has 30 heavy (non-hydrogen) atoms. The lowest BCUT2D eigenvalue weighted by atomic mass is 10.1. The normalized spacial score (nSPS) is 10.2. The Morgan fingerprint density at radius 1 is 0.900 bits per heavy atom. The van der Waals surface area contributed by atoms with Crippen molar-refractivity contribution in [2.45, 2.75) is 6.92 Å². The fourth-order valence-corrected chi connectivity index (χ4v) is 3.78. The van der Waals surface area contributed by atoms with Gasteiger partial charge in [0.25, 0.3) is 11.8 Å². The topological polar surface area (TPSA) is 61.4 Å². The molecule has 0 saturated heterocycles. The summed E-state index contributed by atoms with van der Waals surface area (Å²) in [5.74, 6) is -0.459. The highest BCUT2D eigenvalue weighted by Gasteiger charge is 2.20. The first kappa shape index (κ1) is 21.9. The lowest BCUT2D eigenvalue weighted by molar-refractivity contribution is 0.0973. The molecule has 0 aromatic heterocycles. The van der Waals surface area contributed by atoms with E-state index in [2.05, 4.69) is 33.2 Å². The number of thiocarbonyl (C=S) groups is 1. The molecule has 7 heteroatoms. The van der Waals surface area contributed by atoms with Crippen LogP contribution in [0.5, 0.6) is 0 Å². The van der Waals surface area contributed by atoms with Crippen LogP contribution >= 0.6 is 34.8 Å². The van der Waals surface area contributed by atoms with E-state index in [1.165, 1.54) is 0 Å². The SMILES string of the molecule is CCN(C(=O)c1ccccc1NC(=S)NC(=O)c1ccccc1I)c1ccccc1. The molecule has 0 aliphatic heterocycles. The number of hydrogen-bond acceptors (Lipinski definition) is 3. The second-order valence-electron chi connectivity index (χ2n) is 6.32. The van der Waals surface area contributed by atoms with Crippen LogP contribution in [0.25, 0.3) is 0 Å². The quantitative estimate of drug-likeness (QED) is 0.358. The molecular formula is C23H20IN3O2S. The second-order valence-corrected chi connectivity index (χ2v) is 7.89. The van der Waals surface area contributed by atoms with Gasteiger partial charge in [-0.05, 0) is 78.1 Å². The molecule has 152 valence electrons. The van der Waals surface area contributed by atoms with Crippen LogP contribution in [0.2, 0.25) is 0 Å². The van der Waals surface area contributed by atoms with Crippen LogP contribution in [0.1, 0.15) is 27.6 Å². The summed E-state index contributed by atoms with van der Waals surface area (Å²) < 4.78 is 0.826. The zero-order chi connectivity index (χ0) is 21.5. The highest BCUT2D eigenvalue weighted by atomic mass is 127. The Balaban J connectivity index is 1.78. The average Bonchev–Trinajstić information content (AvgIpc) is 2.75. The largest absolute Gasteiger partial charge is 0.332 e. The zero-order valence-electron chi connectivity index (χ0n) is 16.3. The van der Waals surface area contributed by atoms with Crippen LogP contribution in [0, 0.1) is 3.57 Å². The number of amides is 2. The molecular weight excluding hydrogens is 509 g/mol. The van der Waals surface area contributed by atoms with Gasteiger partial charge in [0.2, 0.25) is 0 Å². The first-order valence-electron chi connectivity index (χ1n) is 9.34. The maximum Gasteiger partial charge on any atom is 0.260 e. The van der Waals surface area contributed by atoms with Crippen molar-refractivity contribution in [2.75, 3.05) is 16.8 Å². The summed E-state index contributed by atoms with van der Waals surface area (Å²) in [7, 11) is 0. The van der Waals surface area contributed by atoms with Crippen LogP contribution in [-0.2, 0) is 0 Å². The number of rotatable bonds is 5. The van der Waals surface area contributed by atoms with Crippen molar-refractivity contribution in [1.82, 2.24) is 5.32 Å². The van der Waals surface area contributed by atoms with Crippen LogP contribution < -0.4 is 15.5 Å². The van der Waals surface area contributed by atoms with E-state index in [4.69, 9.17) is 12.2 Å². The van der Waals surface area contributed by atoms with Gasteiger partial charge < -0.3 is 10.2 Å². The number of nitrogens with one attached hydrogen (secondary N) is 2. The minimum atomic E-state index is -0.305. The molecule has 0 fully saturated rings. The average molecular weight is 529 g/mol. The first-order chi connectivity index (χ1) is 14.5. The monoisotopic (exact) mass is 529 g/mol. The molecule has 0 aliphatic carbocycles. The fourth-order valence-electron chi connectivity index (χ4n) is 2.94. The fraction of sp³-hybridized carbons (Fsp3) is 0.0870. The predicted octanol–water partition coefficient (Wildman–Crippen LogP) is 5.08. The molecule has 0 aliphatic rings. The Labute approximate surface area is 194 Å². The molecule has 2 N–H and O–H groups in total. The van der Waals surface area contributed by atoms with E-state index in [-0.39, 0.29) is 16.9 Å². The Morgan fingerprint density at radius 3 is 2.17 bits per heavy atom. The van der Waals surface area contributed by atoms with Crippen molar-refractivity contribution in [3.05, 3.63) is 93.6 Å². The van der Waals surface area contributed by atoms with Crippen molar-refractivity contribution >= 4 is 63.1 Å².